The van der Waals surface area contributed by atoms with E-state index in [1.54, 1.807) is 6.92 Å². The summed E-state index contributed by atoms with van der Waals surface area (Å²) in [6.45, 7) is 4.92. The Labute approximate surface area is 232 Å². The van der Waals surface area contributed by atoms with Gasteiger partial charge in [0.1, 0.15) is 17.3 Å². The van der Waals surface area contributed by atoms with Gasteiger partial charge in [-0.15, -0.1) is 0 Å². The van der Waals surface area contributed by atoms with E-state index in [-0.39, 0.29) is 48.4 Å². The number of anilines is 4. The number of ether oxygens (including phenoxy) is 1. The number of benzene rings is 2. The minimum Gasteiger partial charge on any atom is -0.383 e. The van der Waals surface area contributed by atoms with E-state index in [1.807, 2.05) is 0 Å². The van der Waals surface area contributed by atoms with E-state index in [0.29, 0.717) is 16.0 Å². The molecule has 9 nitrogen and oxygen atoms in total. The van der Waals surface area contributed by atoms with Crippen molar-refractivity contribution in [3.63, 3.8) is 0 Å². The first-order chi connectivity index (χ1) is 19.3. The van der Waals surface area contributed by atoms with Crippen LogP contribution in [0.25, 0.3) is 11.3 Å². The molecule has 14 heteroatoms. The van der Waals surface area contributed by atoms with Crippen molar-refractivity contribution in [2.24, 2.45) is 0 Å². The second-order valence-corrected chi connectivity index (χ2v) is 9.45. The van der Waals surface area contributed by atoms with Gasteiger partial charge in [-0.3, -0.25) is 4.79 Å². The quantitative estimate of drug-likeness (QED) is 0.272. The highest BCUT2D eigenvalue weighted by Gasteiger charge is 2.44. The highest BCUT2D eigenvalue weighted by atomic mass is 19.4. The van der Waals surface area contributed by atoms with E-state index >= 15 is 0 Å². The summed E-state index contributed by atoms with van der Waals surface area (Å²) in [4.78, 5) is 35.6. The van der Waals surface area contributed by atoms with Gasteiger partial charge in [0.05, 0.1) is 18.8 Å². The predicted molar refractivity (Wildman–Crippen MR) is 142 cm³/mol. The zero-order valence-electron chi connectivity index (χ0n) is 22.6. The lowest BCUT2D eigenvalue weighted by Crippen LogP contribution is -2.45. The molecule has 1 aliphatic rings. The van der Waals surface area contributed by atoms with Gasteiger partial charge in [0, 0.05) is 36.5 Å². The Bertz CT molecular complexity index is 1460. The maximum absolute atomic E-state index is 14.9. The van der Waals surface area contributed by atoms with Gasteiger partial charge in [0.15, 0.2) is 5.82 Å². The number of methoxy groups -OCH3 is 1. The highest BCUT2D eigenvalue weighted by Crippen LogP contribution is 2.40. The van der Waals surface area contributed by atoms with Gasteiger partial charge in [0.2, 0.25) is 5.95 Å². The number of hydrogen-bond donors (Lipinski definition) is 2. The van der Waals surface area contributed by atoms with Gasteiger partial charge in [0.25, 0.3) is 0 Å². The summed E-state index contributed by atoms with van der Waals surface area (Å²) in [6, 6.07) is 5.74. The van der Waals surface area contributed by atoms with Crippen molar-refractivity contribution >= 4 is 35.1 Å². The number of carbonyl (C=O) groups is 2. The van der Waals surface area contributed by atoms with Crippen LogP contribution < -0.4 is 20.4 Å². The first kappa shape index (κ1) is 29.6. The molecule has 0 aliphatic carbocycles. The molecule has 4 rings (SSSR count). The summed E-state index contributed by atoms with van der Waals surface area (Å²) in [6.07, 6.45) is -5.11. The van der Waals surface area contributed by atoms with Crippen LogP contribution in [0.5, 0.6) is 0 Å². The number of para-hydroxylation sites is 1. The number of nitrogens with one attached hydrogen (secondary N) is 2. The summed E-state index contributed by atoms with van der Waals surface area (Å²) in [5, 5.41) is 5.49. The van der Waals surface area contributed by atoms with Crippen molar-refractivity contribution in [1.29, 1.82) is 0 Å². The monoisotopic (exact) mass is 578 g/mol. The summed E-state index contributed by atoms with van der Waals surface area (Å²) in [5.74, 6) is -4.22. The summed E-state index contributed by atoms with van der Waals surface area (Å²) < 4.78 is 75.1. The first-order valence-corrected chi connectivity index (χ1v) is 12.5. The van der Waals surface area contributed by atoms with Crippen LogP contribution in [0.1, 0.15) is 25.0 Å². The number of rotatable bonds is 8. The number of halogens is 5. The van der Waals surface area contributed by atoms with Crippen LogP contribution in [0, 0.1) is 18.6 Å². The predicted octanol–water partition coefficient (Wildman–Crippen LogP) is 5.45. The van der Waals surface area contributed by atoms with Crippen molar-refractivity contribution in [2.45, 2.75) is 39.5 Å². The zero-order chi connectivity index (χ0) is 30.1. The Balaban J connectivity index is 1.96. The van der Waals surface area contributed by atoms with Gasteiger partial charge < -0.3 is 20.3 Å². The first-order valence-electron chi connectivity index (χ1n) is 12.5. The fourth-order valence-electron chi connectivity index (χ4n) is 4.44. The summed E-state index contributed by atoms with van der Waals surface area (Å²) >= 11 is 0. The Hall–Kier alpha value is -4.33. The van der Waals surface area contributed by atoms with E-state index in [4.69, 9.17) is 4.74 Å². The number of fused-ring (bicyclic) bond motifs is 1. The lowest BCUT2D eigenvalue weighted by molar-refractivity contribution is -0.170. The molecule has 2 N–H and O–H groups in total. The van der Waals surface area contributed by atoms with Gasteiger partial charge in [-0.25, -0.2) is 23.5 Å². The molecule has 2 heterocycles. The maximum Gasteiger partial charge on any atom is 0.471 e. The molecule has 0 bridgehead atoms. The Morgan fingerprint density at radius 1 is 1.17 bits per heavy atom. The summed E-state index contributed by atoms with van der Waals surface area (Å²) in [7, 11) is 1.48. The van der Waals surface area contributed by atoms with E-state index in [9.17, 15) is 31.5 Å². The molecule has 0 saturated carbocycles. The molecule has 3 amide bonds. The molecule has 0 atom stereocenters. The Morgan fingerprint density at radius 2 is 1.85 bits per heavy atom. The van der Waals surface area contributed by atoms with Crippen LogP contribution in [0.2, 0.25) is 0 Å². The number of urea groups is 1. The number of alkyl halides is 3. The highest BCUT2D eigenvalue weighted by molar-refractivity contribution is 6.02. The van der Waals surface area contributed by atoms with Crippen molar-refractivity contribution in [1.82, 2.24) is 15.3 Å². The van der Waals surface area contributed by atoms with Crippen LogP contribution in [-0.2, 0) is 16.1 Å². The summed E-state index contributed by atoms with van der Waals surface area (Å²) in [5.41, 5.74) is 0.622. The topological polar surface area (TPSA) is 99.7 Å². The van der Waals surface area contributed by atoms with Gasteiger partial charge in [-0.2, -0.15) is 18.2 Å². The van der Waals surface area contributed by atoms with Gasteiger partial charge in [-0.05, 0) is 50.6 Å². The molecule has 2 aromatic carbocycles. The van der Waals surface area contributed by atoms with Gasteiger partial charge in [-0.1, -0.05) is 12.1 Å². The van der Waals surface area contributed by atoms with Crippen molar-refractivity contribution in [2.75, 3.05) is 35.4 Å². The van der Waals surface area contributed by atoms with Gasteiger partial charge >= 0.3 is 18.1 Å². The van der Waals surface area contributed by atoms with Crippen molar-refractivity contribution in [3.8, 4) is 11.3 Å². The fraction of sp³-hybridized carbons (Fsp3) is 0.333. The van der Waals surface area contributed by atoms with Crippen LogP contribution in [0.15, 0.2) is 36.4 Å². The van der Waals surface area contributed by atoms with Crippen LogP contribution in [0.4, 0.5) is 49.9 Å². The number of aryl methyl sites for hydroxylation is 1. The lowest BCUT2D eigenvalue weighted by atomic mass is 9.98. The van der Waals surface area contributed by atoms with E-state index < -0.39 is 41.5 Å². The molecule has 218 valence electrons. The normalized spacial score (nSPS) is 13.2. The zero-order valence-corrected chi connectivity index (χ0v) is 22.6. The van der Waals surface area contributed by atoms with Crippen molar-refractivity contribution in [3.05, 3.63) is 59.2 Å². The van der Waals surface area contributed by atoms with Crippen LogP contribution >= 0.6 is 0 Å². The molecular formula is C27H27F5N6O3. The molecule has 3 aromatic rings. The molecule has 0 fully saturated rings. The van der Waals surface area contributed by atoms with Crippen molar-refractivity contribution < 1.29 is 36.3 Å². The van der Waals surface area contributed by atoms with E-state index in [2.05, 4.69) is 20.6 Å². The molecule has 41 heavy (non-hydrogen) atoms. The standard InChI is InChI=1S/C27H27F5N6O3/c1-14(2)37(24(39)27(30,31)32)16-9-8-15(3)17(12-16)21-18-13-34-26(40)38(22-19(28)6-5-7-20(22)29)23(18)36-25(35-21)33-10-11-41-4/h5-9,12,14H,10-11,13H2,1-4H3,(H,34,40)(H,33,35,36). The van der Waals surface area contributed by atoms with E-state index in [1.165, 1.54) is 39.2 Å². The minimum absolute atomic E-state index is 0.0239. The third-order valence-corrected chi connectivity index (χ3v) is 6.30. The number of aromatic nitrogens is 2. The SMILES string of the molecule is COCCNc1nc(-c2cc(N(C(=O)C(F)(F)F)C(C)C)ccc2C)c2c(n1)N(c1c(F)cccc1F)C(=O)NC2. The lowest BCUT2D eigenvalue weighted by Gasteiger charge is -2.31. The average molecular weight is 579 g/mol. The molecule has 0 unspecified atom stereocenters. The molecule has 1 aliphatic heterocycles. The largest absolute Gasteiger partial charge is 0.471 e. The Morgan fingerprint density at radius 3 is 2.46 bits per heavy atom. The molecule has 1 aromatic heterocycles. The second kappa shape index (κ2) is 11.6. The Kier molecular flexibility index (Phi) is 8.42. The van der Waals surface area contributed by atoms with Crippen LogP contribution in [-0.4, -0.2) is 54.4 Å². The molecule has 0 radical (unpaired) electrons. The number of nitrogens with zero attached hydrogens (tertiary/aromatic N) is 4. The number of carbonyl (C=O) groups excluding carboxylic acids is 2. The number of amides is 3. The number of hydrogen-bond acceptors (Lipinski definition) is 6. The van der Waals surface area contributed by atoms with E-state index in [0.717, 1.165) is 23.1 Å². The smallest absolute Gasteiger partial charge is 0.383 e. The molecule has 0 spiro atoms. The third-order valence-electron chi connectivity index (χ3n) is 6.30. The average Bonchev–Trinajstić information content (AvgIpc) is 2.89. The van der Waals surface area contributed by atoms with Crippen LogP contribution in [0.3, 0.4) is 0 Å². The second-order valence-electron chi connectivity index (χ2n) is 9.45. The molecular weight excluding hydrogens is 551 g/mol. The fourth-order valence-corrected chi connectivity index (χ4v) is 4.44. The maximum atomic E-state index is 14.9. The third kappa shape index (κ3) is 5.92. The minimum atomic E-state index is -5.11. The molecule has 0 saturated heterocycles.